The number of rotatable bonds is 5. The highest BCUT2D eigenvalue weighted by Crippen LogP contribution is 2.17. The fraction of sp³-hybridized carbons (Fsp3) is 0.200. The van der Waals surface area contributed by atoms with E-state index in [4.69, 9.17) is 0 Å². The molecule has 2 heterocycles. The number of aromatic hydroxyl groups is 1. The van der Waals surface area contributed by atoms with Crippen molar-refractivity contribution in [2.75, 3.05) is 0 Å². The lowest BCUT2D eigenvalue weighted by atomic mass is 10.1. The number of nitrogens with one attached hydrogen (secondary N) is 1. The van der Waals surface area contributed by atoms with Gasteiger partial charge in [0.25, 0.3) is 0 Å². The van der Waals surface area contributed by atoms with Crippen molar-refractivity contribution in [1.82, 2.24) is 14.8 Å². The van der Waals surface area contributed by atoms with E-state index in [1.807, 2.05) is 29.6 Å². The minimum Gasteiger partial charge on any atom is -0.508 e. The monoisotopic (exact) mass is 301 g/mol. The third-order valence-corrected chi connectivity index (χ3v) is 4.20. The van der Waals surface area contributed by atoms with Crippen LogP contribution >= 0.6 is 11.3 Å². The van der Waals surface area contributed by atoms with Gasteiger partial charge < -0.3 is 5.11 Å². The Balaban J connectivity index is 1.77. The van der Waals surface area contributed by atoms with Gasteiger partial charge in [-0.1, -0.05) is 24.3 Å². The Hall–Kier alpha value is -2.34. The number of aryl methyl sites for hydroxylation is 2. The van der Waals surface area contributed by atoms with Crippen molar-refractivity contribution >= 4 is 11.3 Å². The predicted molar refractivity (Wildman–Crippen MR) is 81.8 cm³/mol. The molecule has 2 aromatic heterocycles. The third-order valence-electron chi connectivity index (χ3n) is 3.34. The van der Waals surface area contributed by atoms with E-state index in [0.29, 0.717) is 25.2 Å². The Morgan fingerprint density at radius 1 is 1.19 bits per heavy atom. The molecule has 108 valence electrons. The zero-order chi connectivity index (χ0) is 14.7. The molecule has 0 aliphatic carbocycles. The maximum absolute atomic E-state index is 11.8. The smallest absolute Gasteiger partial charge is 0.343 e. The second-order valence-corrected chi connectivity index (χ2v) is 5.77. The lowest BCUT2D eigenvalue weighted by molar-refractivity contribution is 0.467. The molecule has 0 aliphatic heterocycles. The molecule has 0 saturated carbocycles. The number of hydrogen-bond acceptors (Lipinski definition) is 4. The highest BCUT2D eigenvalue weighted by molar-refractivity contribution is 7.09. The van der Waals surface area contributed by atoms with Gasteiger partial charge in [-0.05, 0) is 29.5 Å². The first kappa shape index (κ1) is 13.6. The molecule has 0 bridgehead atoms. The second kappa shape index (κ2) is 5.97. The first-order valence-electron chi connectivity index (χ1n) is 6.67. The number of H-pyrrole nitrogens is 1. The fourth-order valence-corrected chi connectivity index (χ4v) is 2.92. The summed E-state index contributed by atoms with van der Waals surface area (Å²) in [5.74, 6) is 0.983. The van der Waals surface area contributed by atoms with Gasteiger partial charge in [-0.2, -0.15) is 5.10 Å². The molecule has 0 atom stereocenters. The van der Waals surface area contributed by atoms with Crippen LogP contribution in [-0.4, -0.2) is 19.9 Å². The van der Waals surface area contributed by atoms with E-state index in [0.717, 1.165) is 10.4 Å². The summed E-state index contributed by atoms with van der Waals surface area (Å²) in [6.07, 6.45) is 1.24. The Bertz CT molecular complexity index is 774. The summed E-state index contributed by atoms with van der Waals surface area (Å²) in [6, 6.07) is 11.2. The maximum Gasteiger partial charge on any atom is 0.343 e. The number of phenolic OH excluding ortho intramolecular Hbond substituents is 1. The highest BCUT2D eigenvalue weighted by atomic mass is 32.1. The molecule has 0 radical (unpaired) electrons. The number of para-hydroxylation sites is 1. The van der Waals surface area contributed by atoms with E-state index in [1.165, 1.54) is 0 Å². The average molecular weight is 301 g/mol. The zero-order valence-corrected chi connectivity index (χ0v) is 12.1. The quantitative estimate of drug-likeness (QED) is 0.758. The molecule has 0 fully saturated rings. The van der Waals surface area contributed by atoms with Crippen LogP contribution in [-0.2, 0) is 19.4 Å². The third kappa shape index (κ3) is 3.05. The van der Waals surface area contributed by atoms with Gasteiger partial charge in [-0.3, -0.25) is 4.57 Å². The van der Waals surface area contributed by atoms with E-state index < -0.39 is 0 Å². The lowest BCUT2D eigenvalue weighted by Crippen LogP contribution is -2.19. The van der Waals surface area contributed by atoms with Crippen LogP contribution < -0.4 is 5.69 Å². The molecular weight excluding hydrogens is 286 g/mol. The van der Waals surface area contributed by atoms with Gasteiger partial charge in [0.2, 0.25) is 0 Å². The number of benzene rings is 1. The van der Waals surface area contributed by atoms with Crippen LogP contribution in [0.15, 0.2) is 46.6 Å². The van der Waals surface area contributed by atoms with E-state index in [-0.39, 0.29) is 11.4 Å². The molecule has 5 nitrogen and oxygen atoms in total. The number of aromatic nitrogens is 3. The average Bonchev–Trinajstić information content (AvgIpc) is 3.11. The van der Waals surface area contributed by atoms with Gasteiger partial charge in [0.05, 0.1) is 6.54 Å². The van der Waals surface area contributed by atoms with Gasteiger partial charge in [-0.15, -0.1) is 11.3 Å². The van der Waals surface area contributed by atoms with Crippen LogP contribution in [0.2, 0.25) is 0 Å². The van der Waals surface area contributed by atoms with E-state index >= 15 is 0 Å². The molecule has 21 heavy (non-hydrogen) atoms. The largest absolute Gasteiger partial charge is 0.508 e. The first-order chi connectivity index (χ1) is 10.2. The highest BCUT2D eigenvalue weighted by Gasteiger charge is 2.10. The van der Waals surface area contributed by atoms with Crippen LogP contribution in [0.1, 0.15) is 16.3 Å². The Labute approximate surface area is 125 Å². The normalized spacial score (nSPS) is 10.9. The molecular formula is C15H15N3O2S. The van der Waals surface area contributed by atoms with Gasteiger partial charge in [0.15, 0.2) is 0 Å². The maximum atomic E-state index is 11.8. The number of hydrogen-bond donors (Lipinski definition) is 2. The number of nitrogens with zero attached hydrogens (tertiary/aromatic N) is 2. The molecule has 0 amide bonds. The van der Waals surface area contributed by atoms with Crippen LogP contribution in [0, 0.1) is 0 Å². The van der Waals surface area contributed by atoms with Crippen LogP contribution in [0.4, 0.5) is 0 Å². The van der Waals surface area contributed by atoms with E-state index in [9.17, 15) is 9.90 Å². The number of aromatic amines is 1. The minimum atomic E-state index is -0.198. The van der Waals surface area contributed by atoms with E-state index in [2.05, 4.69) is 10.2 Å². The molecule has 0 unspecified atom stereocenters. The molecule has 1 aromatic carbocycles. The Kier molecular flexibility index (Phi) is 3.87. The van der Waals surface area contributed by atoms with E-state index in [1.54, 1.807) is 28.0 Å². The predicted octanol–water partition coefficient (Wildman–Crippen LogP) is 2.17. The minimum absolute atomic E-state index is 0.198. The SMILES string of the molecule is O=c1[nH]nc(CCc2ccccc2O)n1Cc1cccs1. The Morgan fingerprint density at radius 2 is 2.05 bits per heavy atom. The van der Waals surface area contributed by atoms with Crippen LogP contribution in [0.3, 0.4) is 0 Å². The second-order valence-electron chi connectivity index (χ2n) is 4.74. The summed E-state index contributed by atoms with van der Waals surface area (Å²) in [5.41, 5.74) is 0.659. The van der Waals surface area contributed by atoms with Crippen molar-refractivity contribution in [2.24, 2.45) is 0 Å². The van der Waals surface area contributed by atoms with Gasteiger partial charge >= 0.3 is 5.69 Å². The molecule has 6 heteroatoms. The summed E-state index contributed by atoms with van der Waals surface area (Å²) in [5, 5.41) is 18.4. The first-order valence-corrected chi connectivity index (χ1v) is 7.55. The molecule has 0 saturated heterocycles. The number of thiophene rings is 1. The molecule has 3 aromatic rings. The van der Waals surface area contributed by atoms with Crippen molar-refractivity contribution in [3.63, 3.8) is 0 Å². The van der Waals surface area contributed by atoms with Crippen LogP contribution in [0.5, 0.6) is 5.75 Å². The molecule has 0 spiro atoms. The summed E-state index contributed by atoms with van der Waals surface area (Å²) in [6.45, 7) is 0.531. The number of phenols is 1. The topological polar surface area (TPSA) is 70.9 Å². The van der Waals surface area contributed by atoms with Crippen LogP contribution in [0.25, 0.3) is 0 Å². The molecule has 0 aliphatic rings. The molecule has 3 rings (SSSR count). The van der Waals surface area contributed by atoms with Crippen molar-refractivity contribution in [3.05, 3.63) is 68.5 Å². The van der Waals surface area contributed by atoms with Crippen molar-refractivity contribution in [2.45, 2.75) is 19.4 Å². The summed E-state index contributed by atoms with van der Waals surface area (Å²) in [7, 11) is 0. The van der Waals surface area contributed by atoms with Gasteiger partial charge in [0, 0.05) is 11.3 Å². The van der Waals surface area contributed by atoms with Gasteiger partial charge in [0.1, 0.15) is 11.6 Å². The summed E-state index contributed by atoms with van der Waals surface area (Å²) < 4.78 is 1.64. The lowest BCUT2D eigenvalue weighted by Gasteiger charge is -2.06. The fourth-order valence-electron chi connectivity index (χ4n) is 2.23. The van der Waals surface area contributed by atoms with Gasteiger partial charge in [-0.25, -0.2) is 9.89 Å². The van der Waals surface area contributed by atoms with Crippen molar-refractivity contribution in [3.8, 4) is 5.75 Å². The van der Waals surface area contributed by atoms with Crippen molar-refractivity contribution < 1.29 is 5.11 Å². The molecule has 2 N–H and O–H groups in total. The summed E-state index contributed by atoms with van der Waals surface area (Å²) >= 11 is 1.61. The van der Waals surface area contributed by atoms with Crippen molar-refractivity contribution in [1.29, 1.82) is 0 Å². The Morgan fingerprint density at radius 3 is 2.81 bits per heavy atom. The zero-order valence-electron chi connectivity index (χ0n) is 11.3. The standard InChI is InChI=1S/C15H15N3O2S/c19-13-6-2-1-4-11(13)7-8-14-16-17-15(20)18(14)10-12-5-3-9-21-12/h1-6,9,19H,7-8,10H2,(H,17,20). The summed E-state index contributed by atoms with van der Waals surface area (Å²) in [4.78, 5) is 13.0.